The summed E-state index contributed by atoms with van der Waals surface area (Å²) in [5.41, 5.74) is 0.438. The molecule has 1 aromatic rings. The summed E-state index contributed by atoms with van der Waals surface area (Å²) in [6.45, 7) is 5.33. The first-order valence-electron chi connectivity index (χ1n) is 7.12. The van der Waals surface area contributed by atoms with Crippen LogP contribution in [0.25, 0.3) is 5.57 Å². The van der Waals surface area contributed by atoms with Gasteiger partial charge in [-0.1, -0.05) is 12.6 Å². The molecule has 1 aromatic carbocycles. The minimum atomic E-state index is -0.540. The molecule has 1 fully saturated rings. The Morgan fingerprint density at radius 2 is 2.22 bits per heavy atom. The quantitative estimate of drug-likeness (QED) is 0.371. The fourth-order valence-corrected chi connectivity index (χ4v) is 2.72. The molecular formula is C15H19N3O4S. The van der Waals surface area contributed by atoms with Gasteiger partial charge in [0, 0.05) is 31.3 Å². The van der Waals surface area contributed by atoms with Crippen molar-refractivity contribution in [2.75, 3.05) is 33.3 Å². The summed E-state index contributed by atoms with van der Waals surface area (Å²) < 4.78 is 0. The van der Waals surface area contributed by atoms with Gasteiger partial charge in [0.2, 0.25) is 0 Å². The highest BCUT2D eigenvalue weighted by Crippen LogP contribution is 2.27. The van der Waals surface area contributed by atoms with Crippen molar-refractivity contribution in [2.45, 2.75) is 10.9 Å². The number of nitro benzene ring substituents is 1. The van der Waals surface area contributed by atoms with E-state index in [2.05, 4.69) is 19.2 Å². The van der Waals surface area contributed by atoms with Gasteiger partial charge in [0.05, 0.1) is 22.5 Å². The number of aliphatic hydroxyl groups is 1. The molecule has 1 aliphatic rings. The first-order chi connectivity index (χ1) is 10.8. The van der Waals surface area contributed by atoms with Gasteiger partial charge in [-0.3, -0.25) is 19.8 Å². The van der Waals surface area contributed by atoms with E-state index in [0.29, 0.717) is 25.2 Å². The zero-order chi connectivity index (χ0) is 17.1. The molecule has 1 unspecified atom stereocenters. The molecule has 0 saturated carbocycles. The predicted molar refractivity (Wildman–Crippen MR) is 89.5 cm³/mol. The summed E-state index contributed by atoms with van der Waals surface area (Å²) in [6, 6.07) is 4.27. The van der Waals surface area contributed by atoms with Crippen LogP contribution in [0.1, 0.15) is 5.56 Å². The molecule has 1 amide bonds. The molecule has 8 heteroatoms. The Hall–Kier alpha value is -1.90. The maximum absolute atomic E-state index is 12.6. The van der Waals surface area contributed by atoms with Gasteiger partial charge >= 0.3 is 0 Å². The number of amides is 1. The van der Waals surface area contributed by atoms with E-state index in [0.717, 1.165) is 0 Å². The van der Waals surface area contributed by atoms with Crippen molar-refractivity contribution in [3.05, 3.63) is 40.5 Å². The molecule has 1 heterocycles. The number of likely N-dealkylation sites (N-methyl/N-ethyl adjacent to an activating group) is 1. The molecule has 0 aliphatic carbocycles. The lowest BCUT2D eigenvalue weighted by Crippen LogP contribution is -2.54. The third-order valence-electron chi connectivity index (χ3n) is 4.05. The molecule has 0 aromatic heterocycles. The average molecular weight is 337 g/mol. The number of hydrogen-bond donors (Lipinski definition) is 2. The highest BCUT2D eigenvalue weighted by molar-refractivity contribution is 7.80. The fourth-order valence-electron chi connectivity index (χ4n) is 2.50. The van der Waals surface area contributed by atoms with E-state index >= 15 is 0 Å². The lowest BCUT2D eigenvalue weighted by atomic mass is 10.0. The Morgan fingerprint density at radius 1 is 1.52 bits per heavy atom. The number of carbonyl (C=O) groups is 1. The number of nitro groups is 1. The highest BCUT2D eigenvalue weighted by atomic mass is 32.1. The van der Waals surface area contributed by atoms with Crippen molar-refractivity contribution in [3.63, 3.8) is 0 Å². The van der Waals surface area contributed by atoms with Crippen molar-refractivity contribution in [1.29, 1.82) is 0 Å². The Bertz CT molecular complexity index is 650. The molecule has 0 radical (unpaired) electrons. The number of rotatable bonds is 4. The Balaban J connectivity index is 2.18. The number of aliphatic hydroxyl groups excluding tert-OH is 1. The molecule has 2 rings (SSSR count). The lowest BCUT2D eigenvalue weighted by Gasteiger charge is -2.38. The van der Waals surface area contributed by atoms with Crippen molar-refractivity contribution in [2.24, 2.45) is 0 Å². The summed E-state index contributed by atoms with van der Waals surface area (Å²) >= 11 is 4.04. The summed E-state index contributed by atoms with van der Waals surface area (Å²) in [7, 11) is 1.90. The van der Waals surface area contributed by atoms with Crippen molar-refractivity contribution in [3.8, 4) is 0 Å². The van der Waals surface area contributed by atoms with E-state index in [1.54, 1.807) is 11.0 Å². The first kappa shape index (κ1) is 17.5. The van der Waals surface area contributed by atoms with Gasteiger partial charge in [-0.2, -0.15) is 0 Å². The van der Waals surface area contributed by atoms with Gasteiger partial charge < -0.3 is 10.0 Å². The van der Waals surface area contributed by atoms with Crippen molar-refractivity contribution >= 4 is 29.8 Å². The molecule has 1 aliphatic heterocycles. The molecule has 0 spiro atoms. The number of nitrogens with zero attached hydrogens (tertiary/aromatic N) is 3. The molecule has 1 N–H and O–H groups in total. The van der Waals surface area contributed by atoms with E-state index < -0.39 is 4.92 Å². The van der Waals surface area contributed by atoms with Crippen molar-refractivity contribution < 1.29 is 14.8 Å². The zero-order valence-electron chi connectivity index (χ0n) is 12.8. The van der Waals surface area contributed by atoms with Crippen molar-refractivity contribution in [1.82, 2.24) is 9.80 Å². The SMILES string of the molecule is C=C(C(=O)N1CCN(C)C(CO)C1)c1ccc(S)c([N+](=O)[O-])c1. The van der Waals surface area contributed by atoms with E-state index in [1.165, 1.54) is 12.1 Å². The van der Waals surface area contributed by atoms with Crippen LogP contribution in [0.15, 0.2) is 29.7 Å². The topological polar surface area (TPSA) is 86.9 Å². The Morgan fingerprint density at radius 3 is 2.83 bits per heavy atom. The van der Waals surface area contributed by atoms with E-state index in [9.17, 15) is 20.0 Å². The second kappa shape index (κ2) is 7.12. The number of carbonyl (C=O) groups excluding carboxylic acids is 1. The Kier molecular flexibility index (Phi) is 5.40. The first-order valence-corrected chi connectivity index (χ1v) is 7.57. The van der Waals surface area contributed by atoms with Crippen LogP contribution in [0.3, 0.4) is 0 Å². The third kappa shape index (κ3) is 3.72. The maximum Gasteiger partial charge on any atom is 0.283 e. The van der Waals surface area contributed by atoms with Gasteiger partial charge in [-0.25, -0.2) is 0 Å². The van der Waals surface area contributed by atoms with Crippen LogP contribution in [0.2, 0.25) is 0 Å². The highest BCUT2D eigenvalue weighted by Gasteiger charge is 2.28. The molecule has 0 bridgehead atoms. The van der Waals surface area contributed by atoms with Crippen LogP contribution in [-0.4, -0.2) is 65.1 Å². The summed E-state index contributed by atoms with van der Waals surface area (Å²) in [5, 5.41) is 20.3. The van der Waals surface area contributed by atoms with Crippen LogP contribution in [0.4, 0.5) is 5.69 Å². The van der Waals surface area contributed by atoms with Crippen LogP contribution < -0.4 is 0 Å². The van der Waals surface area contributed by atoms with Crippen LogP contribution in [0.5, 0.6) is 0 Å². The molecule has 1 atom stereocenters. The lowest BCUT2D eigenvalue weighted by molar-refractivity contribution is -0.387. The third-order valence-corrected chi connectivity index (χ3v) is 4.43. The van der Waals surface area contributed by atoms with E-state index in [-0.39, 0.29) is 34.7 Å². The minimum Gasteiger partial charge on any atom is -0.395 e. The van der Waals surface area contributed by atoms with Crippen LogP contribution in [0, 0.1) is 10.1 Å². The summed E-state index contributed by atoms with van der Waals surface area (Å²) in [6.07, 6.45) is 0. The largest absolute Gasteiger partial charge is 0.395 e. The summed E-state index contributed by atoms with van der Waals surface area (Å²) in [5.74, 6) is -0.280. The van der Waals surface area contributed by atoms with Gasteiger partial charge in [-0.05, 0) is 18.7 Å². The minimum absolute atomic E-state index is 0.0351. The smallest absolute Gasteiger partial charge is 0.283 e. The van der Waals surface area contributed by atoms with E-state index in [4.69, 9.17) is 0 Å². The number of benzene rings is 1. The maximum atomic E-state index is 12.6. The predicted octanol–water partition coefficient (Wildman–Crippen LogP) is 1.03. The van der Waals surface area contributed by atoms with Gasteiger partial charge in [-0.15, -0.1) is 12.6 Å². The second-order valence-electron chi connectivity index (χ2n) is 5.51. The Labute approximate surface area is 139 Å². The monoisotopic (exact) mass is 337 g/mol. The van der Waals surface area contributed by atoms with E-state index in [1.807, 2.05) is 11.9 Å². The normalized spacial score (nSPS) is 18.7. The number of hydrogen-bond acceptors (Lipinski definition) is 6. The summed E-state index contributed by atoms with van der Waals surface area (Å²) in [4.78, 5) is 26.9. The number of piperazine rings is 1. The molecule has 124 valence electrons. The fraction of sp³-hybridized carbons (Fsp3) is 0.400. The zero-order valence-corrected chi connectivity index (χ0v) is 13.7. The molecular weight excluding hydrogens is 318 g/mol. The molecule has 23 heavy (non-hydrogen) atoms. The molecule has 1 saturated heterocycles. The van der Waals surface area contributed by atoms with Gasteiger partial charge in [0.25, 0.3) is 11.6 Å². The average Bonchev–Trinajstić information content (AvgIpc) is 2.54. The standard InChI is InChI=1S/C15H19N3O4S/c1-10(11-3-4-14(23)13(7-11)18(21)22)15(20)17-6-5-16(2)12(8-17)9-19/h3-4,7,12,19,23H,1,5-6,8-9H2,2H3. The van der Waals surface area contributed by atoms with Crippen LogP contribution in [-0.2, 0) is 4.79 Å². The second-order valence-corrected chi connectivity index (χ2v) is 5.99. The number of thiol groups is 1. The van der Waals surface area contributed by atoms with Crippen LogP contribution >= 0.6 is 12.6 Å². The molecule has 7 nitrogen and oxygen atoms in total. The van der Waals surface area contributed by atoms with Gasteiger partial charge in [0.1, 0.15) is 0 Å². The van der Waals surface area contributed by atoms with Gasteiger partial charge in [0.15, 0.2) is 0 Å².